The monoisotopic (exact) mass is 496 g/mol. The lowest BCUT2D eigenvalue weighted by Crippen LogP contribution is -2.51. The van der Waals surface area contributed by atoms with Crippen LogP contribution in [-0.2, 0) is 4.74 Å². The third-order valence-electron chi connectivity index (χ3n) is 11.3. The summed E-state index contributed by atoms with van der Waals surface area (Å²) in [5.74, 6) is 5.12. The van der Waals surface area contributed by atoms with Crippen molar-refractivity contribution in [2.24, 2.45) is 46.3 Å². The minimum Gasteiger partial charge on any atom is -0.446 e. The highest BCUT2D eigenvalue weighted by Gasteiger charge is 2.59. The predicted molar refractivity (Wildman–Crippen MR) is 146 cm³/mol. The molecule has 1 amide bonds. The molecule has 0 aromatic rings. The van der Waals surface area contributed by atoms with E-state index in [2.05, 4.69) is 52.1 Å². The average Bonchev–Trinajstić information content (AvgIpc) is 3.19. The Morgan fingerprint density at radius 2 is 1.92 bits per heavy atom. The molecule has 4 nitrogen and oxygen atoms in total. The Morgan fingerprint density at radius 1 is 1.11 bits per heavy atom. The van der Waals surface area contributed by atoms with Gasteiger partial charge in [-0.25, -0.2) is 4.79 Å². The van der Waals surface area contributed by atoms with Crippen molar-refractivity contribution < 1.29 is 9.53 Å². The van der Waals surface area contributed by atoms with Crippen LogP contribution in [0.15, 0.2) is 11.6 Å². The second kappa shape index (κ2) is 11.5. The molecular weight excluding hydrogens is 444 g/mol. The molecule has 4 aliphatic carbocycles. The van der Waals surface area contributed by atoms with Gasteiger partial charge in [-0.05, 0) is 97.7 Å². The lowest BCUT2D eigenvalue weighted by atomic mass is 9.47. The first-order valence-corrected chi connectivity index (χ1v) is 15.2. The van der Waals surface area contributed by atoms with E-state index in [1.807, 2.05) is 0 Å². The molecule has 0 aliphatic heterocycles. The number of carbonyl (C=O) groups excluding carboxylic acids is 1. The summed E-state index contributed by atoms with van der Waals surface area (Å²) in [6.07, 6.45) is 17.5. The minimum atomic E-state index is -0.316. The molecule has 4 rings (SSSR count). The van der Waals surface area contributed by atoms with Crippen LogP contribution in [0.2, 0.25) is 0 Å². The normalized spacial score (nSPS) is 38.2. The van der Waals surface area contributed by atoms with E-state index in [0.717, 1.165) is 54.8 Å². The van der Waals surface area contributed by atoms with Gasteiger partial charge >= 0.3 is 6.09 Å². The highest BCUT2D eigenvalue weighted by Crippen LogP contribution is 2.67. The maximum Gasteiger partial charge on any atom is 0.407 e. The number of fused-ring (bicyclic) bond motifs is 5. The molecule has 202 valence electrons. The molecule has 0 radical (unpaired) electrons. The maximum atomic E-state index is 12.3. The highest BCUT2D eigenvalue weighted by molar-refractivity contribution is 5.67. The third kappa shape index (κ3) is 5.51. The number of allylic oxidation sites excluding steroid dienone is 1. The summed E-state index contributed by atoms with van der Waals surface area (Å²) in [6, 6.07) is 2.12. The van der Waals surface area contributed by atoms with Crippen LogP contribution < -0.4 is 5.32 Å². The van der Waals surface area contributed by atoms with Gasteiger partial charge in [-0.15, -0.1) is 0 Å². The fraction of sp³-hybridized carbons (Fsp3) is 0.875. The van der Waals surface area contributed by atoms with Crippen LogP contribution in [0.5, 0.6) is 0 Å². The van der Waals surface area contributed by atoms with Crippen molar-refractivity contribution in [1.82, 2.24) is 5.32 Å². The summed E-state index contributed by atoms with van der Waals surface area (Å²) in [5.41, 5.74) is 2.38. The van der Waals surface area contributed by atoms with Crippen molar-refractivity contribution >= 4 is 6.09 Å². The van der Waals surface area contributed by atoms with Crippen molar-refractivity contribution in [2.45, 2.75) is 124 Å². The van der Waals surface area contributed by atoms with Gasteiger partial charge in [0.25, 0.3) is 0 Å². The van der Waals surface area contributed by atoms with Crippen molar-refractivity contribution in [2.75, 3.05) is 6.54 Å². The number of nitriles is 1. The molecule has 0 saturated heterocycles. The molecule has 3 saturated carbocycles. The third-order valence-corrected chi connectivity index (χ3v) is 11.3. The highest BCUT2D eigenvalue weighted by atomic mass is 16.6. The number of amides is 1. The van der Waals surface area contributed by atoms with Crippen LogP contribution in [0.3, 0.4) is 0 Å². The average molecular weight is 497 g/mol. The van der Waals surface area contributed by atoms with Gasteiger partial charge in [0.05, 0.1) is 6.07 Å². The molecular formula is C32H52N2O2. The van der Waals surface area contributed by atoms with Crippen molar-refractivity contribution in [3.63, 3.8) is 0 Å². The number of nitrogens with one attached hydrogen (secondary N) is 1. The first-order valence-electron chi connectivity index (χ1n) is 15.2. The number of hydrogen-bond donors (Lipinski definition) is 1. The molecule has 4 unspecified atom stereocenters. The Morgan fingerprint density at radius 3 is 2.67 bits per heavy atom. The first kappa shape index (κ1) is 27.5. The van der Waals surface area contributed by atoms with Gasteiger partial charge in [0, 0.05) is 19.4 Å². The van der Waals surface area contributed by atoms with E-state index in [-0.39, 0.29) is 17.6 Å². The SMILES string of the molecule is CC(C)CCC[C@@H](C)[C@H]1CCC2C3CC=C4CC(OC(=O)NCCCC#N)CC[C@]4(C)C3CC[C@@]21C. The zero-order chi connectivity index (χ0) is 25.9. The molecule has 3 fully saturated rings. The number of unbranched alkanes of at least 4 members (excludes halogenated alkanes) is 1. The molecule has 36 heavy (non-hydrogen) atoms. The lowest BCUT2D eigenvalue weighted by molar-refractivity contribution is -0.0581. The van der Waals surface area contributed by atoms with Gasteiger partial charge in [-0.2, -0.15) is 5.26 Å². The molecule has 1 N–H and O–H groups in total. The second-order valence-corrected chi connectivity index (χ2v) is 13.7. The molecule has 4 aliphatic rings. The van der Waals surface area contributed by atoms with E-state index in [1.165, 1.54) is 51.4 Å². The van der Waals surface area contributed by atoms with E-state index >= 15 is 0 Å². The quantitative estimate of drug-likeness (QED) is 0.257. The number of alkyl carbamates (subject to hydrolysis) is 1. The van der Waals surface area contributed by atoms with Gasteiger partial charge in [-0.3, -0.25) is 0 Å². The minimum absolute atomic E-state index is 0.00625. The van der Waals surface area contributed by atoms with Gasteiger partial charge in [0.1, 0.15) is 6.10 Å². The summed E-state index contributed by atoms with van der Waals surface area (Å²) in [6.45, 7) is 13.0. The summed E-state index contributed by atoms with van der Waals surface area (Å²) < 4.78 is 5.80. The Kier molecular flexibility index (Phi) is 8.79. The Labute approximate surface area is 221 Å². The predicted octanol–water partition coefficient (Wildman–Crippen LogP) is 8.43. The molecule has 0 spiro atoms. The van der Waals surface area contributed by atoms with E-state index in [1.54, 1.807) is 5.57 Å². The van der Waals surface area contributed by atoms with Gasteiger partial charge < -0.3 is 10.1 Å². The van der Waals surface area contributed by atoms with Gasteiger partial charge in [-0.1, -0.05) is 65.5 Å². The zero-order valence-corrected chi connectivity index (χ0v) is 23.8. The van der Waals surface area contributed by atoms with E-state index < -0.39 is 0 Å². The lowest BCUT2D eigenvalue weighted by Gasteiger charge is -2.58. The maximum absolute atomic E-state index is 12.3. The molecule has 0 aromatic heterocycles. The van der Waals surface area contributed by atoms with Crippen LogP contribution in [0.4, 0.5) is 4.79 Å². The smallest absolute Gasteiger partial charge is 0.407 e. The largest absolute Gasteiger partial charge is 0.446 e. The van der Waals surface area contributed by atoms with Crippen LogP contribution in [0, 0.1) is 57.7 Å². The van der Waals surface area contributed by atoms with E-state index in [0.29, 0.717) is 24.8 Å². The number of ether oxygens (including phenoxy) is 1. The Bertz CT molecular complexity index is 844. The summed E-state index contributed by atoms with van der Waals surface area (Å²) in [5, 5.41) is 11.5. The molecule has 8 atom stereocenters. The Balaban J connectivity index is 1.37. The first-order chi connectivity index (χ1) is 17.2. The number of nitrogens with zero attached hydrogens (tertiary/aromatic N) is 1. The molecule has 0 bridgehead atoms. The van der Waals surface area contributed by atoms with Crippen molar-refractivity contribution in [3.8, 4) is 6.07 Å². The van der Waals surface area contributed by atoms with Gasteiger partial charge in [0.2, 0.25) is 0 Å². The number of rotatable bonds is 9. The topological polar surface area (TPSA) is 62.1 Å². The second-order valence-electron chi connectivity index (χ2n) is 13.7. The number of hydrogen-bond acceptors (Lipinski definition) is 3. The molecule has 0 aromatic carbocycles. The number of carbonyl (C=O) groups is 1. The summed E-state index contributed by atoms with van der Waals surface area (Å²) >= 11 is 0. The zero-order valence-electron chi connectivity index (χ0n) is 23.8. The molecule has 0 heterocycles. The fourth-order valence-corrected chi connectivity index (χ4v) is 9.30. The van der Waals surface area contributed by atoms with Crippen molar-refractivity contribution in [1.29, 1.82) is 5.26 Å². The van der Waals surface area contributed by atoms with Crippen LogP contribution >= 0.6 is 0 Å². The van der Waals surface area contributed by atoms with E-state index in [9.17, 15) is 4.79 Å². The standard InChI is InChI=1S/C32H52N2O2/c1-22(2)9-8-10-23(3)27-13-14-28-26-12-11-24-21-25(36-30(35)34-20-7-6-19-33)15-17-31(24,4)29(26)16-18-32(27,28)5/h11,22-23,25-29H,6-10,12-18,20-21H2,1-5H3,(H,34,35)/t23-,25?,26?,27-,28?,29?,31+,32-/m1/s1. The van der Waals surface area contributed by atoms with Crippen molar-refractivity contribution in [3.05, 3.63) is 11.6 Å². The molecule has 4 heteroatoms. The van der Waals surface area contributed by atoms with E-state index in [4.69, 9.17) is 10.00 Å². The van der Waals surface area contributed by atoms with Gasteiger partial charge in [0.15, 0.2) is 0 Å². The Hall–Kier alpha value is -1.50. The van der Waals surface area contributed by atoms with Crippen LogP contribution in [0.1, 0.15) is 118 Å². The van der Waals surface area contributed by atoms with Crippen LogP contribution in [0.25, 0.3) is 0 Å². The van der Waals surface area contributed by atoms with Crippen LogP contribution in [-0.4, -0.2) is 18.7 Å². The summed E-state index contributed by atoms with van der Waals surface area (Å²) in [7, 11) is 0. The summed E-state index contributed by atoms with van der Waals surface area (Å²) in [4.78, 5) is 12.3. The fourth-order valence-electron chi connectivity index (χ4n) is 9.30.